The average Bonchev–Trinajstić information content (AvgIpc) is 3.08. The van der Waals surface area contributed by atoms with Crippen LogP contribution >= 0.6 is 0 Å². The van der Waals surface area contributed by atoms with Gasteiger partial charge in [0.05, 0.1) is 18.8 Å². The van der Waals surface area contributed by atoms with E-state index in [4.69, 9.17) is 4.74 Å². The molecule has 0 aromatic carbocycles. The zero-order chi connectivity index (χ0) is 24.9. The predicted octanol–water partition coefficient (Wildman–Crippen LogP) is 7.59. The molecule has 0 spiro atoms. The fourth-order valence-electron chi connectivity index (χ4n) is 11.2. The highest BCUT2D eigenvalue weighted by Crippen LogP contribution is 2.77. The smallest absolute Gasteiger partial charge is 0.135 e. The summed E-state index contributed by atoms with van der Waals surface area (Å²) in [5, 5.41) is 10.0. The molecule has 5 aliphatic rings. The first-order chi connectivity index (χ1) is 15.7. The SMILES string of the molecule is CC(=O)C(C)(C)[C@@H]1CC[C@]2(C)[C@H](CC[C@@H]3[C@H]4[C@H]5OC[C@@]4(CCC5(C)C)CC[C@]32C)[C@@]1(C)CC#N. The van der Waals surface area contributed by atoms with E-state index in [-0.39, 0.29) is 38.8 Å². The molecule has 4 aliphatic carbocycles. The molecule has 9 atom stereocenters. The fraction of sp³-hybridized carbons (Fsp3) is 0.935. The Labute approximate surface area is 208 Å². The van der Waals surface area contributed by atoms with Gasteiger partial charge in [-0.1, -0.05) is 48.5 Å². The molecule has 3 nitrogen and oxygen atoms in total. The van der Waals surface area contributed by atoms with Crippen molar-refractivity contribution < 1.29 is 9.53 Å². The van der Waals surface area contributed by atoms with Gasteiger partial charge in [-0.3, -0.25) is 4.79 Å². The molecule has 1 aliphatic heterocycles. The molecule has 5 rings (SSSR count). The van der Waals surface area contributed by atoms with Crippen molar-refractivity contribution in [2.45, 2.75) is 119 Å². The number of carbonyl (C=O) groups excluding carboxylic acids is 1. The normalized spacial score (nSPS) is 51.6. The quantitative estimate of drug-likeness (QED) is 0.430. The topological polar surface area (TPSA) is 50.1 Å². The maximum Gasteiger partial charge on any atom is 0.135 e. The van der Waals surface area contributed by atoms with Crippen LogP contribution in [0.25, 0.3) is 0 Å². The molecule has 1 heterocycles. The average molecular weight is 468 g/mol. The first kappa shape index (κ1) is 24.8. The van der Waals surface area contributed by atoms with E-state index in [9.17, 15) is 10.1 Å². The lowest BCUT2D eigenvalue weighted by molar-refractivity contribution is -0.233. The number of Topliss-reactive ketones (excluding diaryl/α,β-unsaturated/α-hetero) is 1. The van der Waals surface area contributed by atoms with Crippen LogP contribution in [0.1, 0.15) is 113 Å². The summed E-state index contributed by atoms with van der Waals surface area (Å²) in [6.45, 7) is 19.6. The Balaban J connectivity index is 1.56. The Hall–Kier alpha value is -0.880. The van der Waals surface area contributed by atoms with E-state index in [2.05, 4.69) is 54.5 Å². The summed E-state index contributed by atoms with van der Waals surface area (Å²) in [6.07, 6.45) is 11.0. The standard InChI is InChI=1S/C31H49NO2/c1-20(33)27(4,5)22-11-12-30(8)23(28(22,6)17-18-32)10-9-21-24-25-26(2,3)13-15-31(24,19-34-25)16-14-29(21,30)7/h21-25H,9-17,19H2,1-8H3/t21-,22+,23-,24+,25-,28+,29-,30-,31-/m1/s1. The van der Waals surface area contributed by atoms with Gasteiger partial charge in [0.1, 0.15) is 5.78 Å². The van der Waals surface area contributed by atoms with Crippen LogP contribution in [0.5, 0.6) is 0 Å². The van der Waals surface area contributed by atoms with Crippen molar-refractivity contribution in [2.75, 3.05) is 6.61 Å². The number of fused-ring (bicyclic) bond motifs is 3. The highest BCUT2D eigenvalue weighted by molar-refractivity contribution is 5.82. The van der Waals surface area contributed by atoms with E-state index < -0.39 is 0 Å². The second-order valence-electron chi connectivity index (χ2n) is 15.4. The zero-order valence-electron chi connectivity index (χ0n) is 23.2. The number of nitriles is 1. The van der Waals surface area contributed by atoms with Gasteiger partial charge in [-0.25, -0.2) is 0 Å². The minimum absolute atomic E-state index is 0.110. The van der Waals surface area contributed by atoms with E-state index >= 15 is 0 Å². The van der Waals surface area contributed by atoms with Gasteiger partial charge in [-0.15, -0.1) is 0 Å². The van der Waals surface area contributed by atoms with E-state index in [1.54, 1.807) is 6.92 Å². The molecule has 190 valence electrons. The number of carbonyl (C=O) groups is 1. The van der Waals surface area contributed by atoms with Gasteiger partial charge < -0.3 is 4.74 Å². The molecular weight excluding hydrogens is 418 g/mol. The Morgan fingerprint density at radius 3 is 2.29 bits per heavy atom. The molecule has 5 fully saturated rings. The number of hydrogen-bond acceptors (Lipinski definition) is 3. The van der Waals surface area contributed by atoms with Crippen LogP contribution < -0.4 is 0 Å². The van der Waals surface area contributed by atoms with Gasteiger partial charge in [0.25, 0.3) is 0 Å². The summed E-state index contributed by atoms with van der Waals surface area (Å²) < 4.78 is 6.68. The Morgan fingerprint density at radius 1 is 0.971 bits per heavy atom. The van der Waals surface area contributed by atoms with Crippen molar-refractivity contribution in [1.29, 1.82) is 5.26 Å². The van der Waals surface area contributed by atoms with Gasteiger partial charge in [0.2, 0.25) is 0 Å². The molecule has 0 aromatic rings. The monoisotopic (exact) mass is 467 g/mol. The van der Waals surface area contributed by atoms with Crippen molar-refractivity contribution in [1.82, 2.24) is 0 Å². The Morgan fingerprint density at radius 2 is 1.65 bits per heavy atom. The fourth-order valence-corrected chi connectivity index (χ4v) is 11.2. The van der Waals surface area contributed by atoms with Crippen molar-refractivity contribution in [3.05, 3.63) is 0 Å². The number of hydrogen-bond donors (Lipinski definition) is 0. The van der Waals surface area contributed by atoms with Crippen LogP contribution in [0.4, 0.5) is 0 Å². The van der Waals surface area contributed by atoms with E-state index in [1.807, 2.05) is 0 Å². The summed E-state index contributed by atoms with van der Waals surface area (Å²) in [5.74, 6) is 2.48. The van der Waals surface area contributed by atoms with Crippen molar-refractivity contribution in [2.24, 2.45) is 56.2 Å². The largest absolute Gasteiger partial charge is 0.377 e. The third-order valence-electron chi connectivity index (χ3n) is 13.6. The van der Waals surface area contributed by atoms with Gasteiger partial charge in [-0.05, 0) is 109 Å². The Bertz CT molecular complexity index is 915. The first-order valence-corrected chi connectivity index (χ1v) is 14.2. The lowest BCUT2D eigenvalue weighted by Crippen LogP contribution is -2.66. The molecule has 0 unspecified atom stereocenters. The Kier molecular flexibility index (Phi) is 5.35. The molecule has 2 bridgehead atoms. The third kappa shape index (κ3) is 2.87. The molecule has 4 saturated carbocycles. The molecule has 3 heteroatoms. The van der Waals surface area contributed by atoms with Crippen LogP contribution in [-0.2, 0) is 9.53 Å². The molecule has 0 aromatic heterocycles. The minimum atomic E-state index is -0.373. The molecule has 34 heavy (non-hydrogen) atoms. The lowest BCUT2D eigenvalue weighted by Gasteiger charge is -2.72. The molecule has 0 radical (unpaired) electrons. The van der Waals surface area contributed by atoms with E-state index in [0.717, 1.165) is 18.9 Å². The maximum absolute atomic E-state index is 12.8. The minimum Gasteiger partial charge on any atom is -0.377 e. The van der Waals surface area contributed by atoms with Gasteiger partial charge in [0.15, 0.2) is 0 Å². The highest BCUT2D eigenvalue weighted by atomic mass is 16.5. The number of ether oxygens (including phenoxy) is 1. The zero-order valence-corrected chi connectivity index (χ0v) is 23.2. The molecular formula is C31H49NO2. The number of ketones is 1. The summed E-state index contributed by atoms with van der Waals surface area (Å²) in [6, 6.07) is 2.60. The second-order valence-corrected chi connectivity index (χ2v) is 15.4. The first-order valence-electron chi connectivity index (χ1n) is 14.2. The third-order valence-corrected chi connectivity index (χ3v) is 13.6. The van der Waals surface area contributed by atoms with Gasteiger partial charge in [0, 0.05) is 11.8 Å². The molecule has 0 N–H and O–H groups in total. The lowest BCUT2D eigenvalue weighted by atomic mass is 9.32. The van der Waals surface area contributed by atoms with Crippen molar-refractivity contribution in [3.8, 4) is 6.07 Å². The predicted molar refractivity (Wildman–Crippen MR) is 136 cm³/mol. The highest BCUT2D eigenvalue weighted by Gasteiger charge is 2.72. The van der Waals surface area contributed by atoms with Gasteiger partial charge in [-0.2, -0.15) is 5.26 Å². The number of rotatable bonds is 3. The second kappa shape index (κ2) is 7.34. The number of nitrogens with zero attached hydrogens (tertiary/aromatic N) is 1. The maximum atomic E-state index is 12.8. The van der Waals surface area contributed by atoms with E-state index in [0.29, 0.717) is 29.8 Å². The van der Waals surface area contributed by atoms with Crippen LogP contribution in [0.15, 0.2) is 0 Å². The molecule has 0 amide bonds. The van der Waals surface area contributed by atoms with Crippen molar-refractivity contribution >= 4 is 5.78 Å². The van der Waals surface area contributed by atoms with E-state index in [1.165, 1.54) is 44.9 Å². The molecule has 1 saturated heterocycles. The van der Waals surface area contributed by atoms with Crippen molar-refractivity contribution in [3.63, 3.8) is 0 Å². The summed E-state index contributed by atoms with van der Waals surface area (Å²) in [7, 11) is 0. The van der Waals surface area contributed by atoms with Crippen LogP contribution in [0.3, 0.4) is 0 Å². The summed E-state index contributed by atoms with van der Waals surface area (Å²) >= 11 is 0. The van der Waals surface area contributed by atoms with Crippen LogP contribution in [-0.4, -0.2) is 18.5 Å². The summed E-state index contributed by atoms with van der Waals surface area (Å²) in [4.78, 5) is 12.8. The van der Waals surface area contributed by atoms with Crippen LogP contribution in [0, 0.1) is 67.5 Å². The van der Waals surface area contributed by atoms with Crippen LogP contribution in [0.2, 0.25) is 0 Å². The van der Waals surface area contributed by atoms with Gasteiger partial charge >= 0.3 is 0 Å². The summed E-state index contributed by atoms with van der Waals surface area (Å²) in [5.41, 5.74) is 0.707.